The topological polar surface area (TPSA) is 26.3 Å². The summed E-state index contributed by atoms with van der Waals surface area (Å²) >= 11 is 0. The molecule has 0 radical (unpaired) electrons. The van der Waals surface area contributed by atoms with E-state index in [1.54, 1.807) is 0 Å². The summed E-state index contributed by atoms with van der Waals surface area (Å²) < 4.78 is 20.0. The van der Waals surface area contributed by atoms with Gasteiger partial charge in [-0.2, -0.15) is 0 Å². The highest BCUT2D eigenvalue weighted by atomic mass is 31.2. The van der Waals surface area contributed by atoms with E-state index >= 15 is 0 Å². The predicted molar refractivity (Wildman–Crippen MR) is 104 cm³/mol. The fourth-order valence-corrected chi connectivity index (χ4v) is 4.92. The largest absolute Gasteiger partial charge is 0.437 e. The molecule has 0 aliphatic carbocycles. The highest BCUT2D eigenvalue weighted by Crippen LogP contribution is 2.45. The molecule has 0 aliphatic heterocycles. The standard InChI is InChI=1S/C22H17O2P/c23-25(21-11-3-1-4-12-21,22-13-5-2-6-14-22)24-20-16-15-18-9-7-8-10-19(18)17-20/h1-17H. The summed E-state index contributed by atoms with van der Waals surface area (Å²) in [5.74, 6) is 0.606. The van der Waals surface area contributed by atoms with Gasteiger partial charge in [-0.25, -0.2) is 0 Å². The molecule has 0 spiro atoms. The van der Waals surface area contributed by atoms with Gasteiger partial charge in [-0.15, -0.1) is 0 Å². The molecule has 0 atom stereocenters. The SMILES string of the molecule is O=P(Oc1ccc2ccccc2c1)(c1ccccc1)c1ccccc1. The van der Waals surface area contributed by atoms with Crippen molar-refractivity contribution in [2.24, 2.45) is 0 Å². The molecule has 4 aromatic rings. The molecule has 25 heavy (non-hydrogen) atoms. The Morgan fingerprint density at radius 1 is 0.560 bits per heavy atom. The van der Waals surface area contributed by atoms with Gasteiger partial charge in [0.25, 0.3) is 0 Å². The molecule has 0 aromatic heterocycles. The molecule has 0 saturated carbocycles. The van der Waals surface area contributed by atoms with Crippen molar-refractivity contribution in [3.63, 3.8) is 0 Å². The Morgan fingerprint density at radius 2 is 1.08 bits per heavy atom. The normalized spacial score (nSPS) is 11.4. The van der Waals surface area contributed by atoms with Gasteiger partial charge in [0.05, 0.1) is 10.6 Å². The lowest BCUT2D eigenvalue weighted by Gasteiger charge is -2.20. The van der Waals surface area contributed by atoms with E-state index < -0.39 is 7.37 Å². The van der Waals surface area contributed by atoms with E-state index in [0.717, 1.165) is 10.8 Å². The van der Waals surface area contributed by atoms with Crippen LogP contribution < -0.4 is 15.1 Å². The molecule has 0 fully saturated rings. The van der Waals surface area contributed by atoms with Gasteiger partial charge < -0.3 is 4.52 Å². The molecule has 3 heteroatoms. The van der Waals surface area contributed by atoms with Crippen LogP contribution in [0.15, 0.2) is 103 Å². The van der Waals surface area contributed by atoms with Crippen LogP contribution in [0.25, 0.3) is 10.8 Å². The smallest absolute Gasteiger partial charge is 0.306 e. The Hall–Kier alpha value is -2.83. The molecule has 0 amide bonds. The summed E-state index contributed by atoms with van der Waals surface area (Å²) in [5.41, 5.74) is 0. The van der Waals surface area contributed by atoms with E-state index in [1.807, 2.05) is 103 Å². The van der Waals surface area contributed by atoms with E-state index in [1.165, 1.54) is 0 Å². The summed E-state index contributed by atoms with van der Waals surface area (Å²) in [6, 6.07) is 32.6. The third kappa shape index (κ3) is 3.09. The molecule has 4 rings (SSSR count). The minimum Gasteiger partial charge on any atom is -0.437 e. The molecule has 0 aliphatic rings. The van der Waals surface area contributed by atoms with Gasteiger partial charge in [0, 0.05) is 0 Å². The quantitative estimate of drug-likeness (QED) is 0.479. The van der Waals surface area contributed by atoms with Crippen LogP contribution in [0, 0.1) is 0 Å². The van der Waals surface area contributed by atoms with E-state index in [9.17, 15) is 4.57 Å². The third-order valence-electron chi connectivity index (χ3n) is 4.15. The van der Waals surface area contributed by atoms with E-state index in [2.05, 4.69) is 0 Å². The lowest BCUT2D eigenvalue weighted by molar-refractivity contribution is 0.503. The van der Waals surface area contributed by atoms with Crippen molar-refractivity contribution in [3.05, 3.63) is 103 Å². The van der Waals surface area contributed by atoms with Crippen molar-refractivity contribution < 1.29 is 9.09 Å². The van der Waals surface area contributed by atoms with Crippen molar-refractivity contribution in [1.82, 2.24) is 0 Å². The van der Waals surface area contributed by atoms with Crippen molar-refractivity contribution in [1.29, 1.82) is 0 Å². The van der Waals surface area contributed by atoms with Crippen molar-refractivity contribution in [3.8, 4) is 5.75 Å². The zero-order valence-corrected chi connectivity index (χ0v) is 14.5. The van der Waals surface area contributed by atoms with Gasteiger partial charge in [-0.05, 0) is 47.2 Å². The summed E-state index contributed by atoms with van der Waals surface area (Å²) in [4.78, 5) is 0. The Morgan fingerprint density at radius 3 is 1.68 bits per heavy atom. The molecule has 4 aromatic carbocycles. The first-order chi connectivity index (χ1) is 12.3. The molecule has 0 bridgehead atoms. The van der Waals surface area contributed by atoms with Gasteiger partial charge in [-0.1, -0.05) is 66.7 Å². The number of benzene rings is 4. The summed E-state index contributed by atoms with van der Waals surface area (Å²) in [7, 11) is -3.22. The Bertz CT molecular complexity index is 1000. The van der Waals surface area contributed by atoms with Crippen LogP contribution in [0.2, 0.25) is 0 Å². The van der Waals surface area contributed by atoms with Crippen LogP contribution in [0.1, 0.15) is 0 Å². The number of fused-ring (bicyclic) bond motifs is 1. The fraction of sp³-hybridized carbons (Fsp3) is 0. The Balaban J connectivity index is 1.82. The zero-order valence-electron chi connectivity index (χ0n) is 13.6. The molecule has 0 N–H and O–H groups in total. The van der Waals surface area contributed by atoms with Gasteiger partial charge in [0.2, 0.25) is 0 Å². The summed E-state index contributed by atoms with van der Waals surface area (Å²) in [6.45, 7) is 0. The van der Waals surface area contributed by atoms with Crippen LogP contribution >= 0.6 is 7.37 Å². The van der Waals surface area contributed by atoms with Crippen LogP contribution in [-0.2, 0) is 4.57 Å². The summed E-state index contributed by atoms with van der Waals surface area (Å²) in [5, 5.41) is 3.57. The molecule has 0 saturated heterocycles. The molecule has 0 heterocycles. The van der Waals surface area contributed by atoms with Crippen LogP contribution in [0.3, 0.4) is 0 Å². The first-order valence-corrected chi connectivity index (χ1v) is 9.78. The van der Waals surface area contributed by atoms with E-state index in [0.29, 0.717) is 16.4 Å². The predicted octanol–water partition coefficient (Wildman–Crippen LogP) is 5.15. The molecule has 2 nitrogen and oxygen atoms in total. The highest BCUT2D eigenvalue weighted by Gasteiger charge is 2.29. The van der Waals surface area contributed by atoms with E-state index in [4.69, 9.17) is 4.52 Å². The minimum absolute atomic E-state index is 0.606. The van der Waals surface area contributed by atoms with Crippen LogP contribution in [0.4, 0.5) is 0 Å². The van der Waals surface area contributed by atoms with Gasteiger partial charge in [-0.3, -0.25) is 4.57 Å². The molecule has 0 unspecified atom stereocenters. The lowest BCUT2D eigenvalue weighted by Crippen LogP contribution is -2.20. The van der Waals surface area contributed by atoms with E-state index in [-0.39, 0.29) is 0 Å². The van der Waals surface area contributed by atoms with Gasteiger partial charge in [0.15, 0.2) is 0 Å². The van der Waals surface area contributed by atoms with Gasteiger partial charge in [0.1, 0.15) is 5.75 Å². The zero-order chi connectivity index (χ0) is 17.1. The maximum Gasteiger partial charge on any atom is 0.306 e. The van der Waals surface area contributed by atoms with Crippen LogP contribution in [-0.4, -0.2) is 0 Å². The monoisotopic (exact) mass is 344 g/mol. The maximum atomic E-state index is 13.9. The average molecular weight is 344 g/mol. The number of hydrogen-bond acceptors (Lipinski definition) is 2. The lowest BCUT2D eigenvalue weighted by atomic mass is 10.1. The Labute approximate surface area is 147 Å². The first-order valence-electron chi connectivity index (χ1n) is 8.15. The fourth-order valence-electron chi connectivity index (χ4n) is 2.88. The number of rotatable bonds is 4. The average Bonchev–Trinajstić information content (AvgIpc) is 2.69. The van der Waals surface area contributed by atoms with Crippen LogP contribution in [0.5, 0.6) is 5.75 Å². The second kappa shape index (κ2) is 6.58. The number of hydrogen-bond donors (Lipinski definition) is 0. The first kappa shape index (κ1) is 15.7. The third-order valence-corrected chi connectivity index (χ3v) is 6.57. The highest BCUT2D eigenvalue weighted by molar-refractivity contribution is 7.74. The van der Waals surface area contributed by atoms with Gasteiger partial charge >= 0.3 is 7.37 Å². The maximum absolute atomic E-state index is 13.9. The summed E-state index contributed by atoms with van der Waals surface area (Å²) in [6.07, 6.45) is 0. The Kier molecular flexibility index (Phi) is 4.13. The second-order valence-corrected chi connectivity index (χ2v) is 8.14. The second-order valence-electron chi connectivity index (χ2n) is 5.82. The molecular weight excluding hydrogens is 327 g/mol. The van der Waals surface area contributed by atoms with Crippen molar-refractivity contribution >= 4 is 28.8 Å². The molecule has 122 valence electrons. The van der Waals surface area contributed by atoms with Crippen molar-refractivity contribution in [2.45, 2.75) is 0 Å². The molecular formula is C22H17O2P. The van der Waals surface area contributed by atoms with Crippen molar-refractivity contribution in [2.75, 3.05) is 0 Å². The minimum atomic E-state index is -3.22.